The Morgan fingerprint density at radius 2 is 1.63 bits per heavy atom. The van der Waals surface area contributed by atoms with E-state index in [0.29, 0.717) is 12.8 Å². The average Bonchev–Trinajstić information content (AvgIpc) is 3.20. The number of piperidine rings is 1. The lowest BCUT2D eigenvalue weighted by atomic mass is 9.85. The van der Waals surface area contributed by atoms with Crippen LogP contribution in [0.2, 0.25) is 0 Å². The number of benzene rings is 2. The summed E-state index contributed by atoms with van der Waals surface area (Å²) in [6.45, 7) is 1.71. The van der Waals surface area contributed by atoms with Crippen molar-refractivity contribution in [3.63, 3.8) is 0 Å². The Morgan fingerprint density at radius 3 is 2.31 bits per heavy atom. The molecule has 2 aromatic carbocycles. The summed E-state index contributed by atoms with van der Waals surface area (Å²) in [5, 5.41) is 0.919. The molecule has 1 saturated heterocycles. The first kappa shape index (κ1) is 24.0. The number of sulfonamides is 1. The van der Waals surface area contributed by atoms with E-state index < -0.39 is 10.0 Å². The van der Waals surface area contributed by atoms with Crippen LogP contribution >= 0.6 is 0 Å². The quantitative estimate of drug-likeness (QED) is 0.549. The molecule has 0 unspecified atom stereocenters. The van der Waals surface area contributed by atoms with E-state index in [1.165, 1.54) is 18.6 Å². The third kappa shape index (κ3) is 5.00. The van der Waals surface area contributed by atoms with Gasteiger partial charge in [0.15, 0.2) is 0 Å². The van der Waals surface area contributed by atoms with Crippen molar-refractivity contribution in [3.8, 4) is 11.3 Å². The maximum absolute atomic E-state index is 13.3. The van der Waals surface area contributed by atoms with Crippen LogP contribution < -0.4 is 4.72 Å². The van der Waals surface area contributed by atoms with E-state index in [-0.39, 0.29) is 28.6 Å². The largest absolute Gasteiger partial charge is 0.344 e. The highest BCUT2D eigenvalue weighted by Gasteiger charge is 2.32. The first-order valence-corrected chi connectivity index (χ1v) is 14.0. The first-order valence-electron chi connectivity index (χ1n) is 12.5. The van der Waals surface area contributed by atoms with Crippen LogP contribution in [0.25, 0.3) is 22.2 Å². The zero-order valence-corrected chi connectivity index (χ0v) is 20.9. The van der Waals surface area contributed by atoms with Crippen LogP contribution in [0.4, 0.5) is 4.39 Å². The van der Waals surface area contributed by atoms with Gasteiger partial charge >= 0.3 is 0 Å². The van der Waals surface area contributed by atoms with Gasteiger partial charge in [0.05, 0.1) is 4.90 Å². The maximum atomic E-state index is 13.3. The number of aromatic nitrogens is 1. The molecule has 186 valence electrons. The molecule has 1 aromatic heterocycles. The van der Waals surface area contributed by atoms with Gasteiger partial charge in [-0.25, -0.2) is 17.5 Å². The number of rotatable bonds is 5. The Labute approximate surface area is 206 Å². The number of nitrogens with zero attached hydrogens (tertiary/aromatic N) is 2. The van der Waals surface area contributed by atoms with E-state index in [1.807, 2.05) is 28.6 Å². The first-order chi connectivity index (χ1) is 16.8. The molecule has 0 bridgehead atoms. The molecule has 1 amide bonds. The number of nitrogens with one attached hydrogen (secondary N) is 1. The van der Waals surface area contributed by atoms with Crippen LogP contribution in [-0.4, -0.2) is 42.9 Å². The van der Waals surface area contributed by atoms with Crippen LogP contribution in [0.5, 0.6) is 0 Å². The normalized spacial score (nSPS) is 21.4. The van der Waals surface area contributed by atoms with Crippen molar-refractivity contribution in [1.82, 2.24) is 14.2 Å². The second kappa shape index (κ2) is 9.74. The second-order valence-corrected chi connectivity index (χ2v) is 11.6. The van der Waals surface area contributed by atoms with Crippen molar-refractivity contribution in [3.05, 3.63) is 54.3 Å². The number of hydrogen-bond donors (Lipinski definition) is 1. The zero-order valence-electron chi connectivity index (χ0n) is 20.0. The van der Waals surface area contributed by atoms with Gasteiger partial charge in [-0.15, -0.1) is 0 Å². The van der Waals surface area contributed by atoms with Crippen molar-refractivity contribution >= 4 is 26.8 Å². The molecular formula is C27H32FN3O3S. The summed E-state index contributed by atoms with van der Waals surface area (Å²) in [5.41, 5.74) is 2.55. The number of hydrogen-bond acceptors (Lipinski definition) is 3. The number of halogens is 1. The van der Waals surface area contributed by atoms with Crippen LogP contribution in [0.1, 0.15) is 44.9 Å². The highest BCUT2D eigenvalue weighted by atomic mass is 32.2. The SMILES string of the molecule is Cn1c(-c2ccc(F)cc2)cc2ccc(S(=O)(=O)NC3CCC(C(=O)N4CCCCC4)CC3)cc21. The fourth-order valence-corrected chi connectivity index (χ4v) is 6.82. The molecule has 0 atom stereocenters. The molecule has 3 aromatic rings. The van der Waals surface area contributed by atoms with Gasteiger partial charge in [0.2, 0.25) is 15.9 Å². The fourth-order valence-electron chi connectivity index (χ4n) is 5.49. The Kier molecular flexibility index (Phi) is 6.68. The molecule has 1 aliphatic heterocycles. The standard InChI is InChI=1S/C27H32FN3O3S/c1-30-25(19-5-10-22(28)11-6-19)17-21-9-14-24(18-26(21)30)35(33,34)29-23-12-7-20(8-13-23)27(32)31-15-3-2-4-16-31/h5-6,9-11,14,17-18,20,23,29H,2-4,7-8,12-13,15-16H2,1H3. The summed E-state index contributed by atoms with van der Waals surface area (Å²) in [7, 11) is -1.82. The molecule has 0 radical (unpaired) electrons. The molecule has 2 heterocycles. The van der Waals surface area contributed by atoms with E-state index in [9.17, 15) is 17.6 Å². The summed E-state index contributed by atoms with van der Waals surface area (Å²) < 4.78 is 44.5. The van der Waals surface area contributed by atoms with Gasteiger partial charge in [-0.1, -0.05) is 6.07 Å². The third-order valence-corrected chi connectivity index (χ3v) is 9.05. The van der Waals surface area contributed by atoms with Crippen molar-refractivity contribution in [2.24, 2.45) is 13.0 Å². The topological polar surface area (TPSA) is 71.4 Å². The minimum Gasteiger partial charge on any atom is -0.344 e. The number of carbonyl (C=O) groups excluding carboxylic acids is 1. The number of amides is 1. The molecule has 2 fully saturated rings. The van der Waals surface area contributed by atoms with E-state index in [2.05, 4.69) is 4.72 Å². The summed E-state index contributed by atoms with van der Waals surface area (Å²) in [6.07, 6.45) is 6.14. The third-order valence-electron chi connectivity index (χ3n) is 7.53. The van der Waals surface area contributed by atoms with Gasteiger partial charge < -0.3 is 9.47 Å². The van der Waals surface area contributed by atoms with Crippen molar-refractivity contribution in [2.45, 2.75) is 55.9 Å². The van der Waals surface area contributed by atoms with Gasteiger partial charge in [-0.05, 0) is 93.0 Å². The van der Waals surface area contributed by atoms with Crippen molar-refractivity contribution in [2.75, 3.05) is 13.1 Å². The monoisotopic (exact) mass is 497 g/mol. The molecule has 6 nitrogen and oxygen atoms in total. The zero-order chi connectivity index (χ0) is 24.6. The molecular weight excluding hydrogens is 465 g/mol. The van der Waals surface area contributed by atoms with E-state index in [4.69, 9.17) is 0 Å². The molecule has 2 aliphatic rings. The van der Waals surface area contributed by atoms with Gasteiger partial charge in [0, 0.05) is 48.7 Å². The molecule has 0 spiro atoms. The van der Waals surface area contributed by atoms with Crippen LogP contribution in [0.3, 0.4) is 0 Å². The summed E-state index contributed by atoms with van der Waals surface area (Å²) >= 11 is 0. The minimum absolute atomic E-state index is 0.0125. The number of carbonyl (C=O) groups is 1. The minimum atomic E-state index is -3.70. The highest BCUT2D eigenvalue weighted by molar-refractivity contribution is 7.89. The Bertz CT molecular complexity index is 1320. The van der Waals surface area contributed by atoms with Crippen LogP contribution in [0.15, 0.2) is 53.4 Å². The Hall–Kier alpha value is -2.71. The molecule has 35 heavy (non-hydrogen) atoms. The average molecular weight is 498 g/mol. The second-order valence-electron chi connectivity index (χ2n) is 9.87. The number of fused-ring (bicyclic) bond motifs is 1. The lowest BCUT2D eigenvalue weighted by Gasteiger charge is -2.34. The van der Waals surface area contributed by atoms with Gasteiger partial charge in [0.25, 0.3) is 0 Å². The fraction of sp³-hybridized carbons (Fsp3) is 0.444. The number of likely N-dealkylation sites (tertiary alicyclic amines) is 1. The molecule has 1 aliphatic carbocycles. The predicted octanol–water partition coefficient (Wildman–Crippen LogP) is 4.83. The van der Waals surface area contributed by atoms with Crippen molar-refractivity contribution in [1.29, 1.82) is 0 Å². The highest BCUT2D eigenvalue weighted by Crippen LogP contribution is 2.31. The predicted molar refractivity (Wildman–Crippen MR) is 135 cm³/mol. The van der Waals surface area contributed by atoms with E-state index >= 15 is 0 Å². The molecule has 5 rings (SSSR count). The lowest BCUT2D eigenvalue weighted by Crippen LogP contribution is -2.43. The van der Waals surface area contributed by atoms with Gasteiger partial charge in [-0.3, -0.25) is 4.79 Å². The van der Waals surface area contributed by atoms with Gasteiger partial charge in [0.1, 0.15) is 5.82 Å². The summed E-state index contributed by atoms with van der Waals surface area (Å²) in [4.78, 5) is 15.0. The Balaban J connectivity index is 1.28. The molecule has 1 N–H and O–H groups in total. The van der Waals surface area contributed by atoms with Crippen LogP contribution in [0, 0.1) is 11.7 Å². The summed E-state index contributed by atoms with van der Waals surface area (Å²) in [6, 6.07) is 13.2. The number of aryl methyl sites for hydroxylation is 1. The summed E-state index contributed by atoms with van der Waals surface area (Å²) in [5.74, 6) is -0.0348. The Morgan fingerprint density at radius 1 is 0.943 bits per heavy atom. The van der Waals surface area contributed by atoms with E-state index in [1.54, 1.807) is 24.3 Å². The lowest BCUT2D eigenvalue weighted by molar-refractivity contribution is -0.137. The molecule has 8 heteroatoms. The molecule has 1 saturated carbocycles. The van der Waals surface area contributed by atoms with Crippen LogP contribution in [-0.2, 0) is 21.9 Å². The van der Waals surface area contributed by atoms with Gasteiger partial charge in [-0.2, -0.15) is 0 Å². The maximum Gasteiger partial charge on any atom is 0.240 e. The smallest absolute Gasteiger partial charge is 0.240 e. The van der Waals surface area contributed by atoms with E-state index in [0.717, 1.165) is 60.9 Å². The van der Waals surface area contributed by atoms with Crippen molar-refractivity contribution < 1.29 is 17.6 Å².